The molecule has 0 spiro atoms. The van der Waals surface area contributed by atoms with Crippen molar-refractivity contribution in [3.63, 3.8) is 0 Å². The van der Waals surface area contributed by atoms with Crippen molar-refractivity contribution >= 4 is 23.2 Å². The number of rotatable bonds is 4. The van der Waals surface area contributed by atoms with Gasteiger partial charge in [0, 0.05) is 22.0 Å². The summed E-state index contributed by atoms with van der Waals surface area (Å²) in [5, 5.41) is 1.41. The first-order valence-corrected chi connectivity index (χ1v) is 7.49. The molecule has 0 saturated carbocycles. The van der Waals surface area contributed by atoms with E-state index >= 15 is 0 Å². The van der Waals surface area contributed by atoms with E-state index in [1.165, 1.54) is 6.42 Å². The van der Waals surface area contributed by atoms with Crippen LogP contribution in [0.3, 0.4) is 0 Å². The van der Waals surface area contributed by atoms with Gasteiger partial charge in [0.05, 0.1) is 12.2 Å². The lowest BCUT2D eigenvalue weighted by Crippen LogP contribution is -2.45. The van der Waals surface area contributed by atoms with E-state index in [0.717, 1.165) is 24.8 Å². The molecule has 19 heavy (non-hydrogen) atoms. The SMILES string of the molecule is NNC(Cc1c(Cl)cccc1Cl)C1CC2CCC1O2. The monoisotopic (exact) mass is 300 g/mol. The molecular weight excluding hydrogens is 283 g/mol. The molecule has 2 aliphatic rings. The van der Waals surface area contributed by atoms with Gasteiger partial charge < -0.3 is 4.74 Å². The maximum absolute atomic E-state index is 6.23. The lowest BCUT2D eigenvalue weighted by molar-refractivity contribution is 0.0857. The van der Waals surface area contributed by atoms with Gasteiger partial charge in [0.25, 0.3) is 0 Å². The summed E-state index contributed by atoms with van der Waals surface area (Å²) >= 11 is 12.5. The predicted octanol–water partition coefficient (Wildman–Crippen LogP) is 2.94. The third-order valence-corrected chi connectivity index (χ3v) is 5.08. The minimum absolute atomic E-state index is 0.160. The lowest BCUT2D eigenvalue weighted by atomic mass is 9.82. The maximum Gasteiger partial charge on any atom is 0.0624 e. The predicted molar refractivity (Wildman–Crippen MR) is 77.3 cm³/mol. The van der Waals surface area contributed by atoms with E-state index in [1.54, 1.807) is 0 Å². The number of nitrogens with two attached hydrogens (primary N) is 1. The van der Waals surface area contributed by atoms with E-state index in [4.69, 9.17) is 33.8 Å². The van der Waals surface area contributed by atoms with Crippen LogP contribution in [-0.4, -0.2) is 18.2 Å². The zero-order chi connectivity index (χ0) is 13.4. The topological polar surface area (TPSA) is 47.3 Å². The molecule has 1 aromatic carbocycles. The Morgan fingerprint density at radius 1 is 1.32 bits per heavy atom. The first kappa shape index (κ1) is 13.7. The van der Waals surface area contributed by atoms with Crippen LogP contribution in [0.15, 0.2) is 18.2 Å². The second kappa shape index (κ2) is 5.58. The van der Waals surface area contributed by atoms with Crippen LogP contribution < -0.4 is 11.3 Å². The molecule has 2 heterocycles. The molecule has 104 valence electrons. The molecular formula is C14H18Cl2N2O. The molecule has 4 atom stereocenters. The highest BCUT2D eigenvalue weighted by Crippen LogP contribution is 2.41. The number of halogens is 2. The van der Waals surface area contributed by atoms with Crippen molar-refractivity contribution in [2.45, 2.75) is 43.9 Å². The van der Waals surface area contributed by atoms with Crippen molar-refractivity contribution in [2.24, 2.45) is 11.8 Å². The largest absolute Gasteiger partial charge is 0.375 e. The molecule has 0 radical (unpaired) electrons. The summed E-state index contributed by atoms with van der Waals surface area (Å²) in [5.41, 5.74) is 3.90. The molecule has 2 fully saturated rings. The number of hydrazine groups is 1. The Hall–Kier alpha value is -0.320. The molecule has 2 bridgehead atoms. The average molecular weight is 301 g/mol. The molecule has 2 saturated heterocycles. The summed E-state index contributed by atoms with van der Waals surface area (Å²) in [6, 6.07) is 5.76. The Bertz CT molecular complexity index is 449. The van der Waals surface area contributed by atoms with Gasteiger partial charge in [-0.1, -0.05) is 29.3 Å². The normalized spacial score (nSPS) is 30.8. The maximum atomic E-state index is 6.23. The summed E-state index contributed by atoms with van der Waals surface area (Å²) in [5.74, 6) is 6.20. The summed E-state index contributed by atoms with van der Waals surface area (Å²) < 4.78 is 5.90. The molecule has 0 aliphatic carbocycles. The van der Waals surface area contributed by atoms with Gasteiger partial charge in [0.15, 0.2) is 0 Å². The van der Waals surface area contributed by atoms with Gasteiger partial charge in [0.1, 0.15) is 0 Å². The van der Waals surface area contributed by atoms with Gasteiger partial charge >= 0.3 is 0 Å². The van der Waals surface area contributed by atoms with Gasteiger partial charge in [-0.15, -0.1) is 0 Å². The highest BCUT2D eigenvalue weighted by molar-refractivity contribution is 6.36. The molecule has 2 aliphatic heterocycles. The first-order valence-electron chi connectivity index (χ1n) is 6.73. The van der Waals surface area contributed by atoms with E-state index in [1.807, 2.05) is 18.2 Å². The third-order valence-electron chi connectivity index (χ3n) is 4.37. The standard InChI is InChI=1S/C14H18Cl2N2O/c15-11-2-1-3-12(16)9(11)7-13(18-17)10-6-8-4-5-14(10)19-8/h1-3,8,10,13-14,18H,4-7,17H2. The molecule has 4 unspecified atom stereocenters. The number of hydrogen-bond donors (Lipinski definition) is 2. The van der Waals surface area contributed by atoms with E-state index < -0.39 is 0 Å². The minimum atomic E-state index is 0.160. The Kier molecular flexibility index (Phi) is 4.01. The summed E-state index contributed by atoms with van der Waals surface area (Å²) in [4.78, 5) is 0. The third kappa shape index (κ3) is 2.63. The molecule has 3 N–H and O–H groups in total. The Labute approximate surface area is 123 Å². The van der Waals surface area contributed by atoms with Crippen molar-refractivity contribution < 1.29 is 4.74 Å². The van der Waals surface area contributed by atoms with Crippen molar-refractivity contribution in [3.05, 3.63) is 33.8 Å². The molecule has 3 nitrogen and oxygen atoms in total. The van der Waals surface area contributed by atoms with Crippen LogP contribution in [0.25, 0.3) is 0 Å². The summed E-state index contributed by atoms with van der Waals surface area (Å²) in [6.45, 7) is 0. The van der Waals surface area contributed by atoms with E-state index in [0.29, 0.717) is 28.2 Å². The van der Waals surface area contributed by atoms with Gasteiger partial charge in [-0.05, 0) is 43.4 Å². The fourth-order valence-corrected chi connectivity index (χ4v) is 3.93. The second-order valence-corrected chi connectivity index (χ2v) is 6.27. The average Bonchev–Trinajstić information content (AvgIpc) is 3.01. The number of fused-ring (bicyclic) bond motifs is 2. The van der Waals surface area contributed by atoms with Crippen molar-refractivity contribution in [3.8, 4) is 0 Å². The molecule has 1 aromatic rings. The quantitative estimate of drug-likeness (QED) is 0.664. The van der Waals surface area contributed by atoms with Crippen LogP contribution in [0.4, 0.5) is 0 Å². The summed E-state index contributed by atoms with van der Waals surface area (Å²) in [6.07, 6.45) is 4.92. The molecule has 3 rings (SSSR count). The van der Waals surface area contributed by atoms with Gasteiger partial charge in [-0.3, -0.25) is 11.3 Å². The smallest absolute Gasteiger partial charge is 0.0624 e. The number of hydrogen-bond acceptors (Lipinski definition) is 3. The van der Waals surface area contributed by atoms with Gasteiger partial charge in [-0.2, -0.15) is 0 Å². The van der Waals surface area contributed by atoms with Crippen LogP contribution in [0, 0.1) is 5.92 Å². The van der Waals surface area contributed by atoms with Crippen molar-refractivity contribution in [1.82, 2.24) is 5.43 Å². The molecule has 5 heteroatoms. The van der Waals surface area contributed by atoms with Crippen LogP contribution in [-0.2, 0) is 11.2 Å². The fraction of sp³-hybridized carbons (Fsp3) is 0.571. The highest BCUT2D eigenvalue weighted by atomic mass is 35.5. The van der Waals surface area contributed by atoms with E-state index in [-0.39, 0.29) is 6.04 Å². The van der Waals surface area contributed by atoms with Crippen LogP contribution in [0.5, 0.6) is 0 Å². The Balaban J connectivity index is 1.77. The van der Waals surface area contributed by atoms with Gasteiger partial charge in [-0.25, -0.2) is 0 Å². The molecule has 0 amide bonds. The van der Waals surface area contributed by atoms with Crippen molar-refractivity contribution in [2.75, 3.05) is 0 Å². The zero-order valence-electron chi connectivity index (χ0n) is 10.6. The van der Waals surface area contributed by atoms with E-state index in [9.17, 15) is 0 Å². The first-order chi connectivity index (χ1) is 9.19. The Morgan fingerprint density at radius 2 is 2.05 bits per heavy atom. The minimum Gasteiger partial charge on any atom is -0.375 e. The van der Waals surface area contributed by atoms with Crippen LogP contribution in [0.2, 0.25) is 10.0 Å². The highest BCUT2D eigenvalue weighted by Gasteiger charge is 2.44. The number of benzene rings is 1. The lowest BCUT2D eigenvalue weighted by Gasteiger charge is -2.28. The second-order valence-electron chi connectivity index (χ2n) is 5.45. The number of nitrogens with one attached hydrogen (secondary N) is 1. The fourth-order valence-electron chi connectivity index (χ4n) is 3.38. The van der Waals surface area contributed by atoms with E-state index in [2.05, 4.69) is 5.43 Å². The van der Waals surface area contributed by atoms with Crippen LogP contribution >= 0.6 is 23.2 Å². The molecule has 0 aromatic heterocycles. The van der Waals surface area contributed by atoms with Crippen molar-refractivity contribution in [1.29, 1.82) is 0 Å². The number of ether oxygens (including phenoxy) is 1. The Morgan fingerprint density at radius 3 is 2.58 bits per heavy atom. The van der Waals surface area contributed by atoms with Crippen LogP contribution in [0.1, 0.15) is 24.8 Å². The van der Waals surface area contributed by atoms with Gasteiger partial charge in [0.2, 0.25) is 0 Å². The zero-order valence-corrected chi connectivity index (χ0v) is 12.1. The summed E-state index contributed by atoms with van der Waals surface area (Å²) in [7, 11) is 0.